The Morgan fingerprint density at radius 2 is 2.17 bits per heavy atom. The van der Waals surface area contributed by atoms with E-state index in [1.165, 1.54) is 11.3 Å². The molecule has 0 unspecified atom stereocenters. The van der Waals surface area contributed by atoms with Crippen LogP contribution in [0, 0.1) is 0 Å². The van der Waals surface area contributed by atoms with Crippen molar-refractivity contribution in [1.82, 2.24) is 20.4 Å². The maximum absolute atomic E-state index is 11.4. The lowest BCUT2D eigenvalue weighted by Gasteiger charge is -2.13. The molecule has 1 aromatic rings. The predicted octanol–water partition coefficient (Wildman–Crippen LogP) is 0.928. The summed E-state index contributed by atoms with van der Waals surface area (Å²) in [5.41, 5.74) is 0. The fourth-order valence-electron chi connectivity index (χ4n) is 1.41. The van der Waals surface area contributed by atoms with E-state index in [1.54, 1.807) is 0 Å². The quantitative estimate of drug-likeness (QED) is 0.736. The molecular weight excluding hydrogens is 250 g/mol. The molecule has 0 aliphatic rings. The number of carbonyl (C=O) groups is 1. The lowest BCUT2D eigenvalue weighted by Crippen LogP contribution is -2.34. The van der Waals surface area contributed by atoms with Crippen molar-refractivity contribution in [2.24, 2.45) is 0 Å². The molecule has 6 nitrogen and oxygen atoms in total. The van der Waals surface area contributed by atoms with Gasteiger partial charge in [0.1, 0.15) is 5.01 Å². The van der Waals surface area contributed by atoms with Crippen molar-refractivity contribution in [1.29, 1.82) is 0 Å². The zero-order chi connectivity index (χ0) is 13.4. The number of anilines is 1. The lowest BCUT2D eigenvalue weighted by molar-refractivity contribution is -0.121. The highest BCUT2D eigenvalue weighted by molar-refractivity contribution is 7.15. The number of hydrogen-bond acceptors (Lipinski definition) is 6. The van der Waals surface area contributed by atoms with Gasteiger partial charge in [0.05, 0.1) is 13.1 Å². The van der Waals surface area contributed by atoms with Crippen molar-refractivity contribution in [3.8, 4) is 0 Å². The highest BCUT2D eigenvalue weighted by Crippen LogP contribution is 2.16. The first-order valence-electron chi connectivity index (χ1n) is 6.17. The number of nitrogens with zero attached hydrogens (tertiary/aromatic N) is 3. The number of nitrogens with one attached hydrogen (secondary N) is 2. The topological polar surface area (TPSA) is 70.2 Å². The molecule has 0 aliphatic carbocycles. The van der Waals surface area contributed by atoms with Crippen molar-refractivity contribution >= 4 is 22.4 Å². The van der Waals surface area contributed by atoms with Crippen LogP contribution in [0.5, 0.6) is 0 Å². The molecule has 0 atom stereocenters. The van der Waals surface area contributed by atoms with Crippen LogP contribution in [-0.2, 0) is 11.3 Å². The molecule has 0 aliphatic heterocycles. The van der Waals surface area contributed by atoms with Gasteiger partial charge >= 0.3 is 0 Å². The maximum Gasteiger partial charge on any atom is 0.234 e. The Balaban J connectivity index is 2.37. The molecular formula is C11H21N5OS. The van der Waals surface area contributed by atoms with E-state index in [2.05, 4.69) is 27.8 Å². The van der Waals surface area contributed by atoms with Crippen molar-refractivity contribution in [3.63, 3.8) is 0 Å². The summed E-state index contributed by atoms with van der Waals surface area (Å²) in [5.74, 6) is 0.0360. The highest BCUT2D eigenvalue weighted by atomic mass is 32.1. The summed E-state index contributed by atoms with van der Waals surface area (Å²) in [5, 5.41) is 15.9. The molecule has 1 heterocycles. The second-order valence-electron chi connectivity index (χ2n) is 4.05. The van der Waals surface area contributed by atoms with E-state index in [1.807, 2.05) is 18.9 Å². The largest absolute Gasteiger partial charge is 0.360 e. The molecule has 0 bridgehead atoms. The van der Waals surface area contributed by atoms with Gasteiger partial charge < -0.3 is 10.6 Å². The predicted molar refractivity (Wildman–Crippen MR) is 73.7 cm³/mol. The van der Waals surface area contributed by atoms with Gasteiger partial charge in [-0.15, -0.1) is 10.2 Å². The average Bonchev–Trinajstić information content (AvgIpc) is 2.74. The molecule has 1 aromatic heterocycles. The van der Waals surface area contributed by atoms with Gasteiger partial charge in [0.2, 0.25) is 11.0 Å². The van der Waals surface area contributed by atoms with Crippen LogP contribution in [0.3, 0.4) is 0 Å². The number of carbonyl (C=O) groups excluding carboxylic acids is 1. The summed E-state index contributed by atoms with van der Waals surface area (Å²) >= 11 is 1.53. The number of likely N-dealkylation sites (N-methyl/N-ethyl adjacent to an activating group) is 2. The van der Waals surface area contributed by atoms with E-state index in [0.717, 1.165) is 23.1 Å². The summed E-state index contributed by atoms with van der Waals surface area (Å²) in [4.78, 5) is 13.3. The summed E-state index contributed by atoms with van der Waals surface area (Å²) < 4.78 is 0. The maximum atomic E-state index is 11.4. The standard InChI is InChI=1S/C11H21N5OS/c1-4-6-13-11-15-14-10(18-11)8-16(3)7-9(17)12-5-2/h4-8H2,1-3H3,(H,12,17)(H,13,15). The van der Waals surface area contributed by atoms with Crippen LogP contribution in [0.2, 0.25) is 0 Å². The molecule has 18 heavy (non-hydrogen) atoms. The van der Waals surface area contributed by atoms with Crippen molar-refractivity contribution in [2.45, 2.75) is 26.8 Å². The molecule has 7 heteroatoms. The summed E-state index contributed by atoms with van der Waals surface area (Å²) in [6.07, 6.45) is 1.06. The van der Waals surface area contributed by atoms with Crippen LogP contribution < -0.4 is 10.6 Å². The van der Waals surface area contributed by atoms with Gasteiger partial charge in [0.15, 0.2) is 0 Å². The average molecular weight is 271 g/mol. The van der Waals surface area contributed by atoms with Crippen molar-refractivity contribution < 1.29 is 4.79 Å². The van der Waals surface area contributed by atoms with E-state index >= 15 is 0 Å². The molecule has 0 fully saturated rings. The second-order valence-corrected chi connectivity index (χ2v) is 5.12. The first-order chi connectivity index (χ1) is 8.65. The zero-order valence-electron chi connectivity index (χ0n) is 11.2. The van der Waals surface area contributed by atoms with Gasteiger partial charge in [-0.1, -0.05) is 18.3 Å². The summed E-state index contributed by atoms with van der Waals surface area (Å²) in [7, 11) is 1.90. The van der Waals surface area contributed by atoms with Crippen LogP contribution in [0.1, 0.15) is 25.3 Å². The van der Waals surface area contributed by atoms with Gasteiger partial charge in [-0.3, -0.25) is 9.69 Å². The molecule has 1 amide bonds. The second kappa shape index (κ2) is 7.99. The summed E-state index contributed by atoms with van der Waals surface area (Å²) in [6, 6.07) is 0. The van der Waals surface area contributed by atoms with Crippen molar-refractivity contribution in [2.75, 3.05) is 32.0 Å². The van der Waals surface area contributed by atoms with Gasteiger partial charge in [-0.2, -0.15) is 0 Å². The van der Waals surface area contributed by atoms with Crippen LogP contribution in [-0.4, -0.2) is 47.7 Å². The third kappa shape index (κ3) is 5.42. The van der Waals surface area contributed by atoms with Crippen molar-refractivity contribution in [3.05, 3.63) is 5.01 Å². The number of hydrogen-bond donors (Lipinski definition) is 2. The molecule has 0 saturated heterocycles. The number of aromatic nitrogens is 2. The lowest BCUT2D eigenvalue weighted by atomic mass is 10.5. The fourth-order valence-corrected chi connectivity index (χ4v) is 2.25. The molecule has 0 saturated carbocycles. The fraction of sp³-hybridized carbons (Fsp3) is 0.727. The Bertz CT molecular complexity index is 368. The molecule has 102 valence electrons. The molecule has 0 spiro atoms. The molecule has 2 N–H and O–H groups in total. The molecule has 0 aromatic carbocycles. The summed E-state index contributed by atoms with van der Waals surface area (Å²) in [6.45, 7) is 6.61. The zero-order valence-corrected chi connectivity index (χ0v) is 12.0. The molecule has 0 radical (unpaired) electrons. The van der Waals surface area contributed by atoms with Gasteiger partial charge in [0, 0.05) is 13.1 Å². The Hall–Kier alpha value is -1.21. The van der Waals surface area contributed by atoms with Gasteiger partial charge in [-0.05, 0) is 20.4 Å². The monoisotopic (exact) mass is 271 g/mol. The van der Waals surface area contributed by atoms with E-state index in [0.29, 0.717) is 19.6 Å². The van der Waals surface area contributed by atoms with Crippen LogP contribution >= 0.6 is 11.3 Å². The van der Waals surface area contributed by atoms with E-state index in [4.69, 9.17) is 0 Å². The first-order valence-corrected chi connectivity index (χ1v) is 6.98. The van der Waals surface area contributed by atoms with Gasteiger partial charge in [0.25, 0.3) is 0 Å². The third-order valence-corrected chi connectivity index (χ3v) is 3.05. The Labute approximate surface area is 112 Å². The van der Waals surface area contributed by atoms with E-state index < -0.39 is 0 Å². The first kappa shape index (κ1) is 14.8. The van der Waals surface area contributed by atoms with E-state index in [9.17, 15) is 4.79 Å². The minimum atomic E-state index is 0.0360. The number of rotatable bonds is 8. The van der Waals surface area contributed by atoms with Crippen LogP contribution in [0.15, 0.2) is 0 Å². The smallest absolute Gasteiger partial charge is 0.234 e. The normalized spacial score (nSPS) is 10.7. The van der Waals surface area contributed by atoms with Crippen LogP contribution in [0.4, 0.5) is 5.13 Å². The van der Waals surface area contributed by atoms with Crippen LogP contribution in [0.25, 0.3) is 0 Å². The Morgan fingerprint density at radius 1 is 1.39 bits per heavy atom. The Morgan fingerprint density at radius 3 is 2.83 bits per heavy atom. The number of amides is 1. The highest BCUT2D eigenvalue weighted by Gasteiger charge is 2.09. The minimum Gasteiger partial charge on any atom is -0.360 e. The Kier molecular flexibility index (Phi) is 6.59. The van der Waals surface area contributed by atoms with Gasteiger partial charge in [-0.25, -0.2) is 0 Å². The minimum absolute atomic E-state index is 0.0360. The third-order valence-electron chi connectivity index (χ3n) is 2.19. The molecule has 1 rings (SSSR count). The SMILES string of the molecule is CCCNc1nnc(CN(C)CC(=O)NCC)s1. The van der Waals surface area contributed by atoms with E-state index in [-0.39, 0.29) is 5.91 Å².